The van der Waals surface area contributed by atoms with Gasteiger partial charge in [0.2, 0.25) is 0 Å². The molecular weight excluding hydrogens is 273 g/mol. The molecule has 1 amide bonds. The molecule has 0 spiro atoms. The van der Waals surface area contributed by atoms with Crippen LogP contribution in [-0.2, 0) is 4.79 Å². The number of nitrogens with zero attached hydrogens (tertiary/aromatic N) is 1. The minimum Gasteiger partial charge on any atom is -0.480 e. The fourth-order valence-electron chi connectivity index (χ4n) is 2.35. The van der Waals surface area contributed by atoms with Gasteiger partial charge in [-0.05, 0) is 30.5 Å². The molecule has 102 valence electrons. The molecule has 1 N–H and O–H groups in total. The molecule has 19 heavy (non-hydrogen) atoms. The summed E-state index contributed by atoms with van der Waals surface area (Å²) in [6.45, 7) is 2.18. The van der Waals surface area contributed by atoms with E-state index in [-0.39, 0.29) is 16.5 Å². The lowest BCUT2D eigenvalue weighted by atomic mass is 10.0. The molecule has 0 saturated carbocycles. The highest BCUT2D eigenvalue weighted by Crippen LogP contribution is 2.27. The third-order valence-electron chi connectivity index (χ3n) is 3.38. The Kier molecular flexibility index (Phi) is 3.75. The number of aliphatic carboxylic acids is 1. The van der Waals surface area contributed by atoms with Crippen molar-refractivity contribution < 1.29 is 19.1 Å². The topological polar surface area (TPSA) is 57.6 Å². The van der Waals surface area contributed by atoms with E-state index >= 15 is 0 Å². The predicted molar refractivity (Wildman–Crippen MR) is 67.7 cm³/mol. The van der Waals surface area contributed by atoms with Gasteiger partial charge in [-0.1, -0.05) is 18.5 Å². The van der Waals surface area contributed by atoms with Gasteiger partial charge in [-0.15, -0.1) is 0 Å². The average Bonchev–Trinajstić information content (AvgIpc) is 2.74. The largest absolute Gasteiger partial charge is 0.480 e. The zero-order chi connectivity index (χ0) is 14.2. The van der Waals surface area contributed by atoms with Gasteiger partial charge in [0.15, 0.2) is 0 Å². The fraction of sp³-hybridized carbons (Fsp3) is 0.385. The monoisotopic (exact) mass is 285 g/mol. The number of carboxylic acids is 1. The fourth-order valence-corrected chi connectivity index (χ4v) is 2.53. The average molecular weight is 286 g/mol. The zero-order valence-electron chi connectivity index (χ0n) is 10.3. The Balaban J connectivity index is 2.28. The third-order valence-corrected chi connectivity index (χ3v) is 3.67. The van der Waals surface area contributed by atoms with Crippen molar-refractivity contribution in [3.63, 3.8) is 0 Å². The Labute approximate surface area is 114 Å². The highest BCUT2D eigenvalue weighted by atomic mass is 35.5. The Bertz CT molecular complexity index is 535. The van der Waals surface area contributed by atoms with Crippen molar-refractivity contribution in [2.45, 2.75) is 19.4 Å². The van der Waals surface area contributed by atoms with Crippen LogP contribution in [0.1, 0.15) is 23.7 Å². The normalized spacial score (nSPS) is 22.6. The number of rotatable bonds is 2. The van der Waals surface area contributed by atoms with Gasteiger partial charge in [-0.3, -0.25) is 4.79 Å². The molecular formula is C13H13ClFNO3. The lowest BCUT2D eigenvalue weighted by Gasteiger charge is -2.23. The molecule has 4 nitrogen and oxygen atoms in total. The molecule has 0 aromatic heterocycles. The second-order valence-corrected chi connectivity index (χ2v) is 5.08. The molecule has 2 rings (SSSR count). The van der Waals surface area contributed by atoms with Crippen LogP contribution in [0, 0.1) is 11.7 Å². The van der Waals surface area contributed by atoms with Crippen molar-refractivity contribution in [3.05, 3.63) is 34.6 Å². The van der Waals surface area contributed by atoms with E-state index in [4.69, 9.17) is 16.7 Å². The first-order chi connectivity index (χ1) is 8.91. The van der Waals surface area contributed by atoms with E-state index in [1.807, 2.05) is 0 Å². The number of hydrogen-bond donors (Lipinski definition) is 1. The molecule has 2 unspecified atom stereocenters. The van der Waals surface area contributed by atoms with Crippen molar-refractivity contribution in [1.82, 2.24) is 4.90 Å². The maximum Gasteiger partial charge on any atom is 0.326 e. The van der Waals surface area contributed by atoms with Crippen molar-refractivity contribution in [1.29, 1.82) is 0 Å². The van der Waals surface area contributed by atoms with Gasteiger partial charge in [0, 0.05) is 12.1 Å². The molecule has 2 atom stereocenters. The number of carbonyl (C=O) groups excluding carboxylic acids is 1. The van der Waals surface area contributed by atoms with Gasteiger partial charge in [0.1, 0.15) is 11.9 Å². The number of benzene rings is 1. The minimum absolute atomic E-state index is 0.0997. The number of amides is 1. The van der Waals surface area contributed by atoms with Crippen molar-refractivity contribution in [2.75, 3.05) is 6.54 Å². The van der Waals surface area contributed by atoms with Crippen LogP contribution in [0.15, 0.2) is 18.2 Å². The smallest absolute Gasteiger partial charge is 0.326 e. The van der Waals surface area contributed by atoms with Gasteiger partial charge in [-0.2, -0.15) is 0 Å². The first-order valence-electron chi connectivity index (χ1n) is 5.90. The summed E-state index contributed by atoms with van der Waals surface area (Å²) in [5, 5.41) is 9.02. The summed E-state index contributed by atoms with van der Waals surface area (Å²) >= 11 is 5.63. The molecule has 0 radical (unpaired) electrons. The van der Waals surface area contributed by atoms with Crippen LogP contribution >= 0.6 is 11.6 Å². The number of hydrogen-bond acceptors (Lipinski definition) is 2. The van der Waals surface area contributed by atoms with E-state index in [0.717, 1.165) is 6.07 Å². The van der Waals surface area contributed by atoms with Crippen molar-refractivity contribution in [2.24, 2.45) is 5.92 Å². The van der Waals surface area contributed by atoms with Crippen LogP contribution in [0.3, 0.4) is 0 Å². The van der Waals surface area contributed by atoms with E-state index in [2.05, 4.69) is 0 Å². The van der Waals surface area contributed by atoms with Crippen LogP contribution in [-0.4, -0.2) is 34.5 Å². The first kappa shape index (κ1) is 13.8. The van der Waals surface area contributed by atoms with E-state index in [1.54, 1.807) is 6.92 Å². The molecule has 6 heteroatoms. The Morgan fingerprint density at radius 3 is 2.74 bits per heavy atom. The van der Waals surface area contributed by atoms with Crippen LogP contribution in [0.4, 0.5) is 4.39 Å². The molecule has 1 aromatic rings. The maximum absolute atomic E-state index is 13.1. The van der Waals surface area contributed by atoms with Gasteiger partial charge >= 0.3 is 5.97 Å². The van der Waals surface area contributed by atoms with Crippen LogP contribution in [0.5, 0.6) is 0 Å². The summed E-state index contributed by atoms with van der Waals surface area (Å²) in [5.74, 6) is -2.16. The van der Waals surface area contributed by atoms with Crippen molar-refractivity contribution >= 4 is 23.5 Å². The SMILES string of the molecule is CC1CCN(C(=O)c2ccc(F)c(Cl)c2)C1C(=O)O. The quantitative estimate of drug-likeness (QED) is 0.908. The number of carbonyl (C=O) groups is 2. The second-order valence-electron chi connectivity index (χ2n) is 4.68. The highest BCUT2D eigenvalue weighted by Gasteiger charge is 2.39. The molecule has 1 saturated heterocycles. The Morgan fingerprint density at radius 1 is 1.47 bits per heavy atom. The molecule has 1 aliphatic rings. The number of likely N-dealkylation sites (tertiary alicyclic amines) is 1. The summed E-state index contributed by atoms with van der Waals surface area (Å²) in [4.78, 5) is 24.8. The van der Waals surface area contributed by atoms with Gasteiger partial charge < -0.3 is 10.0 Å². The molecule has 0 bridgehead atoms. The van der Waals surface area contributed by atoms with Crippen LogP contribution in [0.2, 0.25) is 5.02 Å². The Hall–Kier alpha value is -1.62. The molecule has 0 aliphatic carbocycles. The van der Waals surface area contributed by atoms with E-state index in [1.165, 1.54) is 17.0 Å². The highest BCUT2D eigenvalue weighted by molar-refractivity contribution is 6.31. The lowest BCUT2D eigenvalue weighted by molar-refractivity contribution is -0.142. The Morgan fingerprint density at radius 2 is 2.16 bits per heavy atom. The van der Waals surface area contributed by atoms with Gasteiger partial charge in [-0.25, -0.2) is 9.18 Å². The van der Waals surface area contributed by atoms with Gasteiger partial charge in [0.05, 0.1) is 5.02 Å². The predicted octanol–water partition coefficient (Wildman–Crippen LogP) is 2.41. The van der Waals surface area contributed by atoms with E-state index in [0.29, 0.717) is 13.0 Å². The number of halogens is 2. The lowest BCUT2D eigenvalue weighted by Crippen LogP contribution is -2.42. The molecule has 1 fully saturated rings. The summed E-state index contributed by atoms with van der Waals surface area (Å²) in [5.41, 5.74) is 0.201. The first-order valence-corrected chi connectivity index (χ1v) is 6.28. The minimum atomic E-state index is -1.02. The summed E-state index contributed by atoms with van der Waals surface area (Å²) in [6, 6.07) is 2.80. The van der Waals surface area contributed by atoms with Gasteiger partial charge in [0.25, 0.3) is 5.91 Å². The van der Waals surface area contributed by atoms with Crippen molar-refractivity contribution in [3.8, 4) is 0 Å². The number of carboxylic acid groups (broad SMARTS) is 1. The summed E-state index contributed by atoms with van der Waals surface area (Å²) in [7, 11) is 0. The standard InChI is InChI=1S/C13H13ClFNO3/c1-7-4-5-16(11(7)13(18)19)12(17)8-2-3-10(15)9(14)6-8/h2-3,6-7,11H,4-5H2,1H3,(H,18,19). The molecule has 1 aromatic carbocycles. The summed E-state index contributed by atoms with van der Waals surface area (Å²) in [6.07, 6.45) is 0.637. The molecule has 1 heterocycles. The van der Waals surface area contributed by atoms with Crippen LogP contribution < -0.4 is 0 Å². The van der Waals surface area contributed by atoms with E-state index < -0.39 is 23.7 Å². The third kappa shape index (κ3) is 2.56. The van der Waals surface area contributed by atoms with E-state index in [9.17, 15) is 14.0 Å². The van der Waals surface area contributed by atoms with Crippen LogP contribution in [0.25, 0.3) is 0 Å². The molecule has 1 aliphatic heterocycles. The summed E-state index contributed by atoms with van der Waals surface area (Å²) < 4.78 is 13.1. The maximum atomic E-state index is 13.1. The zero-order valence-corrected chi connectivity index (χ0v) is 11.0. The second kappa shape index (κ2) is 5.17.